The number of nitrogens with one attached hydrogen (secondary N) is 1. The fourth-order valence-corrected chi connectivity index (χ4v) is 3.61. The molecule has 6 nitrogen and oxygen atoms in total. The molecule has 7 heteroatoms. The van der Waals surface area contributed by atoms with Crippen molar-refractivity contribution in [3.63, 3.8) is 0 Å². The largest absolute Gasteiger partial charge is 0.347 e. The van der Waals surface area contributed by atoms with Gasteiger partial charge in [0.25, 0.3) is 5.91 Å². The second kappa shape index (κ2) is 7.52. The molecule has 3 aromatic rings. The maximum atomic E-state index is 12.8. The molecule has 0 atom stereocenters. The number of nitrogens with zero attached hydrogens (tertiary/aromatic N) is 4. The van der Waals surface area contributed by atoms with Gasteiger partial charge in [0.2, 0.25) is 5.95 Å². The Hall–Kier alpha value is -2.67. The quantitative estimate of drug-likeness (QED) is 0.681. The minimum atomic E-state index is -0.0406. The molecule has 0 spiro atoms. The highest BCUT2D eigenvalue weighted by atomic mass is 32.1. The zero-order valence-corrected chi connectivity index (χ0v) is 16.4. The van der Waals surface area contributed by atoms with Crippen molar-refractivity contribution in [2.75, 3.05) is 19.0 Å². The van der Waals surface area contributed by atoms with Crippen LogP contribution >= 0.6 is 11.3 Å². The van der Waals surface area contributed by atoms with E-state index in [0.717, 1.165) is 22.5 Å². The van der Waals surface area contributed by atoms with Crippen LogP contribution < -0.4 is 10.2 Å². The first kappa shape index (κ1) is 17.7. The summed E-state index contributed by atoms with van der Waals surface area (Å²) < 4.78 is 2.08. The second-order valence-corrected chi connectivity index (χ2v) is 8.17. The summed E-state index contributed by atoms with van der Waals surface area (Å²) in [5.74, 6) is 1.31. The van der Waals surface area contributed by atoms with E-state index in [1.165, 1.54) is 12.8 Å². The summed E-state index contributed by atoms with van der Waals surface area (Å²) in [4.78, 5) is 24.6. The molecule has 1 aliphatic rings. The van der Waals surface area contributed by atoms with Crippen LogP contribution in [0.4, 0.5) is 5.95 Å². The third kappa shape index (κ3) is 4.19. The van der Waals surface area contributed by atoms with E-state index in [1.807, 2.05) is 61.2 Å². The van der Waals surface area contributed by atoms with Crippen molar-refractivity contribution in [1.29, 1.82) is 0 Å². The lowest BCUT2D eigenvalue weighted by Crippen LogP contribution is -2.25. The number of anilines is 1. The summed E-state index contributed by atoms with van der Waals surface area (Å²) in [6, 6.07) is 5.97. The Kier molecular flexibility index (Phi) is 4.94. The molecule has 4 rings (SSSR count). The highest BCUT2D eigenvalue weighted by Gasteiger charge is 2.24. The predicted molar refractivity (Wildman–Crippen MR) is 108 cm³/mol. The van der Waals surface area contributed by atoms with Gasteiger partial charge in [-0.05, 0) is 36.3 Å². The van der Waals surface area contributed by atoms with Gasteiger partial charge in [-0.15, -0.1) is 11.3 Å². The van der Waals surface area contributed by atoms with E-state index in [-0.39, 0.29) is 5.91 Å². The van der Waals surface area contributed by atoms with Crippen LogP contribution in [0, 0.1) is 5.92 Å². The summed E-state index contributed by atoms with van der Waals surface area (Å²) in [6.07, 6.45) is 8.15. The predicted octanol–water partition coefficient (Wildman–Crippen LogP) is 3.41. The van der Waals surface area contributed by atoms with Crippen LogP contribution in [0.1, 0.15) is 28.2 Å². The first-order chi connectivity index (χ1) is 13.1. The van der Waals surface area contributed by atoms with Crippen molar-refractivity contribution in [2.45, 2.75) is 25.9 Å². The number of carbonyl (C=O) groups excluding carboxylic acids is 1. The Labute approximate surface area is 162 Å². The van der Waals surface area contributed by atoms with Crippen molar-refractivity contribution in [3.8, 4) is 11.1 Å². The molecule has 0 bridgehead atoms. The van der Waals surface area contributed by atoms with E-state index < -0.39 is 0 Å². The SMILES string of the molecule is CN(C)c1ncc(-c2cc(C(=O)NCc3cccs3)n(CC3CC3)c2)cn1. The lowest BCUT2D eigenvalue weighted by molar-refractivity contribution is 0.0941. The number of hydrogen-bond donors (Lipinski definition) is 1. The zero-order valence-electron chi connectivity index (χ0n) is 15.6. The fourth-order valence-electron chi connectivity index (χ4n) is 2.96. The van der Waals surface area contributed by atoms with E-state index in [9.17, 15) is 4.79 Å². The van der Waals surface area contributed by atoms with Crippen LogP contribution in [0.5, 0.6) is 0 Å². The third-order valence-electron chi connectivity index (χ3n) is 4.66. The Morgan fingerprint density at radius 1 is 1.30 bits per heavy atom. The third-order valence-corrected chi connectivity index (χ3v) is 5.53. The van der Waals surface area contributed by atoms with Crippen LogP contribution in [0.2, 0.25) is 0 Å². The minimum Gasteiger partial charge on any atom is -0.347 e. The summed E-state index contributed by atoms with van der Waals surface area (Å²) in [5, 5.41) is 5.06. The van der Waals surface area contributed by atoms with Crippen molar-refractivity contribution in [2.24, 2.45) is 5.92 Å². The van der Waals surface area contributed by atoms with E-state index in [4.69, 9.17) is 0 Å². The van der Waals surface area contributed by atoms with Gasteiger partial charge >= 0.3 is 0 Å². The Morgan fingerprint density at radius 2 is 2.07 bits per heavy atom. The van der Waals surface area contributed by atoms with Gasteiger partial charge in [-0.1, -0.05) is 6.07 Å². The molecular formula is C20H23N5OS. The number of rotatable bonds is 7. The first-order valence-electron chi connectivity index (χ1n) is 9.10. The number of aromatic nitrogens is 3. The normalized spacial score (nSPS) is 13.6. The van der Waals surface area contributed by atoms with Crippen molar-refractivity contribution in [3.05, 3.63) is 52.7 Å². The highest BCUT2D eigenvalue weighted by molar-refractivity contribution is 7.09. The van der Waals surface area contributed by atoms with E-state index in [0.29, 0.717) is 24.1 Å². The molecule has 3 heterocycles. The number of thiophene rings is 1. The van der Waals surface area contributed by atoms with Gasteiger partial charge in [0.1, 0.15) is 5.69 Å². The smallest absolute Gasteiger partial charge is 0.268 e. The Morgan fingerprint density at radius 3 is 2.70 bits per heavy atom. The van der Waals surface area contributed by atoms with E-state index in [2.05, 4.69) is 19.9 Å². The maximum Gasteiger partial charge on any atom is 0.268 e. The van der Waals surface area contributed by atoms with E-state index >= 15 is 0 Å². The fraction of sp³-hybridized carbons (Fsp3) is 0.350. The molecule has 0 aliphatic heterocycles. The van der Waals surface area contributed by atoms with Gasteiger partial charge in [0.15, 0.2) is 0 Å². The Bertz CT molecular complexity index is 911. The first-order valence-corrected chi connectivity index (χ1v) is 9.98. The van der Waals surface area contributed by atoms with Crippen molar-refractivity contribution < 1.29 is 4.79 Å². The van der Waals surface area contributed by atoms with E-state index in [1.54, 1.807) is 11.3 Å². The monoisotopic (exact) mass is 381 g/mol. The van der Waals surface area contributed by atoms with Crippen LogP contribution in [-0.4, -0.2) is 34.5 Å². The topological polar surface area (TPSA) is 63.1 Å². The summed E-state index contributed by atoms with van der Waals surface area (Å²) in [7, 11) is 3.83. The van der Waals surface area contributed by atoms with Gasteiger partial charge in [0, 0.05) is 55.2 Å². The van der Waals surface area contributed by atoms with Crippen molar-refractivity contribution in [1.82, 2.24) is 19.9 Å². The molecule has 1 aliphatic carbocycles. The van der Waals surface area contributed by atoms with Crippen molar-refractivity contribution >= 4 is 23.2 Å². The molecule has 27 heavy (non-hydrogen) atoms. The van der Waals surface area contributed by atoms with Gasteiger partial charge < -0.3 is 14.8 Å². The Balaban J connectivity index is 1.56. The maximum absolute atomic E-state index is 12.8. The summed E-state index contributed by atoms with van der Waals surface area (Å²) in [5.41, 5.74) is 2.59. The lowest BCUT2D eigenvalue weighted by atomic mass is 10.2. The minimum absolute atomic E-state index is 0.0406. The number of carbonyl (C=O) groups is 1. The van der Waals surface area contributed by atoms with Gasteiger partial charge in [-0.2, -0.15) is 0 Å². The molecule has 140 valence electrons. The van der Waals surface area contributed by atoms with Crippen LogP contribution in [0.3, 0.4) is 0 Å². The zero-order chi connectivity index (χ0) is 18.8. The standard InChI is InChI=1S/C20H23N5OS/c1-24(2)20-22-9-16(10-23-20)15-8-18(25(13-15)12-14-5-6-14)19(26)21-11-17-4-3-7-27-17/h3-4,7-10,13-14H,5-6,11-12H2,1-2H3,(H,21,26). The van der Waals surface area contributed by atoms with Gasteiger partial charge in [-0.3, -0.25) is 4.79 Å². The average molecular weight is 382 g/mol. The molecule has 1 fully saturated rings. The van der Waals surface area contributed by atoms with Crippen LogP contribution in [0.25, 0.3) is 11.1 Å². The van der Waals surface area contributed by atoms with Gasteiger partial charge in [-0.25, -0.2) is 9.97 Å². The summed E-state index contributed by atoms with van der Waals surface area (Å²) in [6.45, 7) is 1.44. The number of amides is 1. The second-order valence-electron chi connectivity index (χ2n) is 7.14. The molecular weight excluding hydrogens is 358 g/mol. The molecule has 0 radical (unpaired) electrons. The summed E-state index contributed by atoms with van der Waals surface area (Å²) >= 11 is 1.65. The number of hydrogen-bond acceptors (Lipinski definition) is 5. The molecule has 0 saturated heterocycles. The van der Waals surface area contributed by atoms with Crippen LogP contribution in [0.15, 0.2) is 42.2 Å². The lowest BCUT2D eigenvalue weighted by Gasteiger charge is -2.09. The molecule has 1 saturated carbocycles. The molecule has 1 N–H and O–H groups in total. The molecule has 1 amide bonds. The average Bonchev–Trinajstić information content (AvgIpc) is 3.16. The molecule has 0 aromatic carbocycles. The highest BCUT2D eigenvalue weighted by Crippen LogP contribution is 2.32. The van der Waals surface area contributed by atoms with Crippen LogP contribution in [-0.2, 0) is 13.1 Å². The van der Waals surface area contributed by atoms with Gasteiger partial charge in [0.05, 0.1) is 6.54 Å². The molecule has 3 aromatic heterocycles. The molecule has 0 unspecified atom stereocenters.